The van der Waals surface area contributed by atoms with Crippen molar-refractivity contribution in [3.05, 3.63) is 23.3 Å². The Morgan fingerprint density at radius 2 is 2.07 bits per heavy atom. The van der Waals surface area contributed by atoms with Gasteiger partial charge in [0, 0.05) is 10.5 Å². The molecule has 0 radical (unpaired) electrons. The fraction of sp³-hybridized carbons (Fsp3) is 0.500. The Kier molecular flexibility index (Phi) is 4.33. The SMILES string of the molecule is CCCCc1cc(O)c(C)c(SC)c1. The van der Waals surface area contributed by atoms with Crippen LogP contribution in [0, 0.1) is 6.92 Å². The van der Waals surface area contributed by atoms with E-state index in [0.29, 0.717) is 5.75 Å². The molecule has 1 nitrogen and oxygen atoms in total. The molecule has 0 aliphatic carbocycles. The van der Waals surface area contributed by atoms with E-state index in [-0.39, 0.29) is 0 Å². The average Bonchev–Trinajstić information content (AvgIpc) is 2.19. The molecule has 0 spiro atoms. The zero-order valence-corrected chi connectivity index (χ0v) is 9.95. The van der Waals surface area contributed by atoms with Gasteiger partial charge in [-0.1, -0.05) is 13.3 Å². The topological polar surface area (TPSA) is 20.2 Å². The molecule has 0 atom stereocenters. The van der Waals surface area contributed by atoms with E-state index in [0.717, 1.165) is 12.0 Å². The first-order chi connectivity index (χ1) is 6.69. The Hall–Kier alpha value is -0.630. The number of phenolic OH excluding ortho intramolecular Hbond substituents is 1. The van der Waals surface area contributed by atoms with Crippen LogP contribution in [-0.2, 0) is 6.42 Å². The third kappa shape index (κ3) is 2.68. The van der Waals surface area contributed by atoms with E-state index >= 15 is 0 Å². The molecule has 0 amide bonds. The number of thioether (sulfide) groups is 1. The molecule has 0 bridgehead atoms. The van der Waals surface area contributed by atoms with E-state index in [1.165, 1.54) is 23.3 Å². The van der Waals surface area contributed by atoms with Crippen molar-refractivity contribution in [2.24, 2.45) is 0 Å². The highest BCUT2D eigenvalue weighted by atomic mass is 32.2. The predicted molar refractivity (Wildman–Crippen MR) is 63.2 cm³/mol. The summed E-state index contributed by atoms with van der Waals surface area (Å²) in [5, 5.41) is 9.70. The van der Waals surface area contributed by atoms with Crippen LogP contribution in [-0.4, -0.2) is 11.4 Å². The summed E-state index contributed by atoms with van der Waals surface area (Å²) < 4.78 is 0. The Morgan fingerprint density at radius 3 is 2.64 bits per heavy atom. The number of hydrogen-bond acceptors (Lipinski definition) is 2. The van der Waals surface area contributed by atoms with Gasteiger partial charge in [-0.2, -0.15) is 0 Å². The largest absolute Gasteiger partial charge is 0.508 e. The maximum Gasteiger partial charge on any atom is 0.119 e. The van der Waals surface area contributed by atoms with Crippen molar-refractivity contribution in [2.45, 2.75) is 38.0 Å². The standard InChI is InChI=1S/C12H18OS/c1-4-5-6-10-7-11(13)9(2)12(8-10)14-3/h7-8,13H,4-6H2,1-3H3. The molecule has 2 heteroatoms. The van der Waals surface area contributed by atoms with Gasteiger partial charge in [-0.05, 0) is 43.7 Å². The smallest absolute Gasteiger partial charge is 0.119 e. The highest BCUT2D eigenvalue weighted by Gasteiger charge is 2.05. The second kappa shape index (κ2) is 5.30. The molecule has 1 aromatic rings. The van der Waals surface area contributed by atoms with E-state index in [9.17, 15) is 5.11 Å². The first kappa shape index (κ1) is 11.4. The minimum atomic E-state index is 0.433. The molecule has 1 rings (SSSR count). The molecular weight excluding hydrogens is 192 g/mol. The summed E-state index contributed by atoms with van der Waals surface area (Å²) in [6.07, 6.45) is 5.50. The quantitative estimate of drug-likeness (QED) is 0.763. The van der Waals surface area contributed by atoms with Gasteiger partial charge in [0.2, 0.25) is 0 Å². The van der Waals surface area contributed by atoms with Crippen molar-refractivity contribution in [3.8, 4) is 5.75 Å². The number of rotatable bonds is 4. The molecule has 0 saturated carbocycles. The zero-order chi connectivity index (χ0) is 10.6. The van der Waals surface area contributed by atoms with E-state index in [4.69, 9.17) is 0 Å². The number of aryl methyl sites for hydroxylation is 1. The van der Waals surface area contributed by atoms with Crippen LogP contribution in [0.2, 0.25) is 0 Å². The van der Waals surface area contributed by atoms with Gasteiger partial charge in [-0.15, -0.1) is 11.8 Å². The molecule has 0 fully saturated rings. The Balaban J connectivity index is 2.91. The number of benzene rings is 1. The number of hydrogen-bond donors (Lipinski definition) is 1. The van der Waals surface area contributed by atoms with Gasteiger partial charge < -0.3 is 5.11 Å². The summed E-state index contributed by atoms with van der Waals surface area (Å²) in [5.41, 5.74) is 2.25. The number of aromatic hydroxyl groups is 1. The first-order valence-corrected chi connectivity index (χ1v) is 6.28. The summed E-state index contributed by atoms with van der Waals surface area (Å²) in [7, 11) is 0. The number of unbranched alkanes of at least 4 members (excludes halogenated alkanes) is 1. The third-order valence-corrected chi connectivity index (χ3v) is 3.30. The Morgan fingerprint density at radius 1 is 1.36 bits per heavy atom. The van der Waals surface area contributed by atoms with E-state index in [1.807, 2.05) is 19.2 Å². The van der Waals surface area contributed by atoms with Crippen molar-refractivity contribution in [1.29, 1.82) is 0 Å². The summed E-state index contributed by atoms with van der Waals surface area (Å²) in [4.78, 5) is 1.19. The zero-order valence-electron chi connectivity index (χ0n) is 9.13. The van der Waals surface area contributed by atoms with Crippen molar-refractivity contribution >= 4 is 11.8 Å². The maximum atomic E-state index is 9.70. The fourth-order valence-corrected chi connectivity index (χ4v) is 2.15. The van der Waals surface area contributed by atoms with Crippen LogP contribution in [0.4, 0.5) is 0 Å². The van der Waals surface area contributed by atoms with Gasteiger partial charge in [0.25, 0.3) is 0 Å². The van der Waals surface area contributed by atoms with Gasteiger partial charge >= 0.3 is 0 Å². The summed E-state index contributed by atoms with van der Waals surface area (Å²) in [6, 6.07) is 4.08. The average molecular weight is 210 g/mol. The van der Waals surface area contributed by atoms with Crippen LogP contribution in [0.1, 0.15) is 30.9 Å². The second-order valence-electron chi connectivity index (χ2n) is 3.55. The van der Waals surface area contributed by atoms with Gasteiger partial charge in [0.15, 0.2) is 0 Å². The molecule has 14 heavy (non-hydrogen) atoms. The molecule has 1 aromatic carbocycles. The molecule has 0 heterocycles. The lowest BCUT2D eigenvalue weighted by Gasteiger charge is -2.08. The molecule has 0 aromatic heterocycles. The van der Waals surface area contributed by atoms with Gasteiger partial charge in [0.1, 0.15) is 5.75 Å². The lowest BCUT2D eigenvalue weighted by atomic mass is 10.1. The minimum Gasteiger partial charge on any atom is -0.508 e. The maximum absolute atomic E-state index is 9.70. The van der Waals surface area contributed by atoms with Crippen LogP contribution in [0.15, 0.2) is 17.0 Å². The van der Waals surface area contributed by atoms with Crippen LogP contribution in [0.3, 0.4) is 0 Å². The molecule has 0 saturated heterocycles. The van der Waals surface area contributed by atoms with Crippen molar-refractivity contribution < 1.29 is 5.11 Å². The molecule has 0 unspecified atom stereocenters. The van der Waals surface area contributed by atoms with Gasteiger partial charge in [0.05, 0.1) is 0 Å². The molecule has 0 aliphatic rings. The van der Waals surface area contributed by atoms with Crippen molar-refractivity contribution in [1.82, 2.24) is 0 Å². The normalized spacial score (nSPS) is 10.5. The summed E-state index contributed by atoms with van der Waals surface area (Å²) in [6.45, 7) is 4.15. The van der Waals surface area contributed by atoms with E-state index in [2.05, 4.69) is 13.0 Å². The van der Waals surface area contributed by atoms with Gasteiger partial charge in [-0.3, -0.25) is 0 Å². The molecule has 1 N–H and O–H groups in total. The van der Waals surface area contributed by atoms with Crippen molar-refractivity contribution in [3.63, 3.8) is 0 Å². The Labute approximate surface area is 90.5 Å². The highest BCUT2D eigenvalue weighted by Crippen LogP contribution is 2.29. The third-order valence-electron chi connectivity index (χ3n) is 2.43. The van der Waals surface area contributed by atoms with Crippen LogP contribution < -0.4 is 0 Å². The lowest BCUT2D eigenvalue weighted by molar-refractivity contribution is 0.468. The minimum absolute atomic E-state index is 0.433. The Bertz CT molecular complexity index is 307. The van der Waals surface area contributed by atoms with Crippen LogP contribution in [0.25, 0.3) is 0 Å². The fourth-order valence-electron chi connectivity index (χ4n) is 1.47. The number of phenols is 1. The predicted octanol–water partition coefficient (Wildman–Crippen LogP) is 3.77. The van der Waals surface area contributed by atoms with E-state index in [1.54, 1.807) is 11.8 Å². The van der Waals surface area contributed by atoms with Gasteiger partial charge in [-0.25, -0.2) is 0 Å². The van der Waals surface area contributed by atoms with E-state index < -0.39 is 0 Å². The van der Waals surface area contributed by atoms with Crippen LogP contribution >= 0.6 is 11.8 Å². The molecule has 78 valence electrons. The molecule has 0 aliphatic heterocycles. The summed E-state index contributed by atoms with van der Waals surface area (Å²) in [5.74, 6) is 0.433. The first-order valence-electron chi connectivity index (χ1n) is 5.05. The second-order valence-corrected chi connectivity index (χ2v) is 4.39. The summed E-state index contributed by atoms with van der Waals surface area (Å²) >= 11 is 1.70. The molecular formula is C12H18OS. The highest BCUT2D eigenvalue weighted by molar-refractivity contribution is 7.98. The van der Waals surface area contributed by atoms with Crippen molar-refractivity contribution in [2.75, 3.05) is 6.26 Å². The lowest BCUT2D eigenvalue weighted by Crippen LogP contribution is -1.88. The monoisotopic (exact) mass is 210 g/mol. The van der Waals surface area contributed by atoms with Crippen LogP contribution in [0.5, 0.6) is 5.75 Å².